The summed E-state index contributed by atoms with van der Waals surface area (Å²) in [5, 5.41) is 6.51. The summed E-state index contributed by atoms with van der Waals surface area (Å²) in [6.07, 6.45) is 3.00. The number of nitrogens with one attached hydrogen (secondary N) is 2. The molecule has 2 N–H and O–H groups in total. The predicted molar refractivity (Wildman–Crippen MR) is 123 cm³/mol. The van der Waals surface area contributed by atoms with Crippen LogP contribution in [0.5, 0.6) is 0 Å². The molecular weight excluding hydrogens is 422 g/mol. The lowest BCUT2D eigenvalue weighted by Gasteiger charge is -2.24. The molecular formula is C21H21N3O2S3. The first-order chi connectivity index (χ1) is 14.1. The first kappa shape index (κ1) is 20.3. The highest BCUT2D eigenvalue weighted by Gasteiger charge is 2.30. The molecule has 2 heterocycles. The van der Waals surface area contributed by atoms with Crippen molar-refractivity contribution in [3.63, 3.8) is 0 Å². The number of para-hydroxylation sites is 2. The lowest BCUT2D eigenvalue weighted by atomic mass is 10.2. The maximum atomic E-state index is 12.8. The van der Waals surface area contributed by atoms with Crippen molar-refractivity contribution >= 4 is 62.6 Å². The minimum Gasteiger partial charge on any atom is -0.347 e. The quantitative estimate of drug-likeness (QED) is 0.553. The fourth-order valence-electron chi connectivity index (χ4n) is 3.18. The van der Waals surface area contributed by atoms with Crippen LogP contribution < -0.4 is 10.6 Å². The molecule has 8 heteroatoms. The van der Waals surface area contributed by atoms with Crippen LogP contribution in [-0.4, -0.2) is 34.1 Å². The van der Waals surface area contributed by atoms with Crippen molar-refractivity contribution in [3.8, 4) is 0 Å². The van der Waals surface area contributed by atoms with Crippen LogP contribution in [0.1, 0.15) is 23.9 Å². The number of hydrogen-bond donors (Lipinski definition) is 2. The fraction of sp³-hybridized carbons (Fsp3) is 0.286. The maximum Gasteiger partial charge on any atom is 0.238 e. The molecule has 1 aliphatic heterocycles. The number of carbonyl (C=O) groups excluding carboxylic acids is 2. The van der Waals surface area contributed by atoms with Gasteiger partial charge in [0.1, 0.15) is 5.01 Å². The van der Waals surface area contributed by atoms with E-state index >= 15 is 0 Å². The second-order valence-electron chi connectivity index (χ2n) is 6.72. The van der Waals surface area contributed by atoms with Gasteiger partial charge in [0.25, 0.3) is 0 Å². The largest absolute Gasteiger partial charge is 0.347 e. The van der Waals surface area contributed by atoms with Crippen molar-refractivity contribution in [3.05, 3.63) is 53.5 Å². The Morgan fingerprint density at radius 2 is 2.03 bits per heavy atom. The number of thiazole rings is 1. The van der Waals surface area contributed by atoms with E-state index in [1.54, 1.807) is 23.1 Å². The van der Waals surface area contributed by atoms with Gasteiger partial charge in [-0.1, -0.05) is 24.3 Å². The van der Waals surface area contributed by atoms with Gasteiger partial charge in [-0.3, -0.25) is 9.59 Å². The Morgan fingerprint density at radius 3 is 2.86 bits per heavy atom. The highest BCUT2D eigenvalue weighted by Crippen LogP contribution is 2.37. The molecule has 1 aliphatic rings. The van der Waals surface area contributed by atoms with Crippen LogP contribution in [0.15, 0.2) is 53.4 Å². The molecule has 4 rings (SSSR count). The molecule has 2 aromatic carbocycles. The lowest BCUT2D eigenvalue weighted by Crippen LogP contribution is -2.36. The summed E-state index contributed by atoms with van der Waals surface area (Å²) < 4.78 is 1.12. The third-order valence-corrected chi connectivity index (χ3v) is 7.70. The van der Waals surface area contributed by atoms with E-state index in [1.807, 2.05) is 48.5 Å². The van der Waals surface area contributed by atoms with Gasteiger partial charge in [-0.05, 0) is 42.7 Å². The minimum atomic E-state index is -0.429. The van der Waals surface area contributed by atoms with Gasteiger partial charge in [-0.15, -0.1) is 23.1 Å². The Labute approximate surface area is 182 Å². The van der Waals surface area contributed by atoms with E-state index in [0.29, 0.717) is 0 Å². The number of carbonyl (C=O) groups is 2. The number of rotatable bonds is 7. The van der Waals surface area contributed by atoms with Gasteiger partial charge in [-0.25, -0.2) is 4.98 Å². The normalized spacial score (nSPS) is 16.9. The topological polar surface area (TPSA) is 71.1 Å². The number of hydrogen-bond acceptors (Lipinski definition) is 6. The van der Waals surface area contributed by atoms with Crippen LogP contribution in [0.2, 0.25) is 0 Å². The molecule has 0 spiro atoms. The van der Waals surface area contributed by atoms with E-state index < -0.39 is 5.25 Å². The Kier molecular flexibility index (Phi) is 6.42. The Hall–Kier alpha value is -2.03. The zero-order valence-electron chi connectivity index (χ0n) is 15.9. The Bertz CT molecular complexity index is 1000. The van der Waals surface area contributed by atoms with Crippen LogP contribution in [0.4, 0.5) is 5.69 Å². The van der Waals surface area contributed by atoms with Crippen molar-refractivity contribution in [1.29, 1.82) is 0 Å². The summed E-state index contributed by atoms with van der Waals surface area (Å²) in [5.74, 6) is 0.680. The third-order valence-electron chi connectivity index (χ3n) is 4.63. The number of aromatic nitrogens is 1. The van der Waals surface area contributed by atoms with Crippen LogP contribution >= 0.6 is 34.9 Å². The first-order valence-electron chi connectivity index (χ1n) is 9.34. The second-order valence-corrected chi connectivity index (χ2v) is 10.0. The average Bonchev–Trinajstić information content (AvgIpc) is 3.16. The standard InChI is InChI=1S/C21H21N3O2S3/c1-27-11-10-15(21-24-14-7-3-5-9-17(14)29-21)22-19(25)12-18-20(26)23-13-6-2-4-8-16(13)28-18/h2-9,15,18H,10-12H2,1H3,(H,22,25)(H,23,26)/t15-,18-/m1/s1. The number of nitrogens with zero attached hydrogens (tertiary/aromatic N) is 1. The molecule has 0 fully saturated rings. The average molecular weight is 444 g/mol. The van der Waals surface area contributed by atoms with Crippen molar-refractivity contribution < 1.29 is 9.59 Å². The van der Waals surface area contributed by atoms with Crippen molar-refractivity contribution in [1.82, 2.24) is 10.3 Å². The number of thioether (sulfide) groups is 2. The molecule has 2 amide bonds. The zero-order valence-corrected chi connectivity index (χ0v) is 18.3. The molecule has 3 aromatic rings. The highest BCUT2D eigenvalue weighted by atomic mass is 32.2. The van der Waals surface area contributed by atoms with Crippen LogP contribution in [-0.2, 0) is 9.59 Å². The van der Waals surface area contributed by atoms with E-state index in [2.05, 4.69) is 16.9 Å². The molecule has 0 radical (unpaired) electrons. The summed E-state index contributed by atoms with van der Waals surface area (Å²) in [7, 11) is 0. The molecule has 5 nitrogen and oxygen atoms in total. The van der Waals surface area contributed by atoms with E-state index in [0.717, 1.165) is 38.0 Å². The summed E-state index contributed by atoms with van der Waals surface area (Å²) in [5.41, 5.74) is 1.77. The van der Waals surface area contributed by atoms with Crippen LogP contribution in [0.3, 0.4) is 0 Å². The van der Waals surface area contributed by atoms with E-state index in [4.69, 9.17) is 4.98 Å². The number of amides is 2. The van der Waals surface area contributed by atoms with E-state index in [9.17, 15) is 9.59 Å². The molecule has 150 valence electrons. The van der Waals surface area contributed by atoms with Crippen molar-refractivity contribution in [2.24, 2.45) is 0 Å². The summed E-state index contributed by atoms with van der Waals surface area (Å²) in [6, 6.07) is 15.5. The fourth-order valence-corrected chi connectivity index (χ4v) is 5.82. The smallest absolute Gasteiger partial charge is 0.238 e. The number of fused-ring (bicyclic) bond motifs is 2. The molecule has 1 aromatic heterocycles. The second kappa shape index (κ2) is 9.19. The molecule has 0 unspecified atom stereocenters. The van der Waals surface area contributed by atoms with Gasteiger partial charge >= 0.3 is 0 Å². The van der Waals surface area contributed by atoms with Gasteiger partial charge in [0, 0.05) is 11.3 Å². The predicted octanol–water partition coefficient (Wildman–Crippen LogP) is 4.71. The molecule has 0 saturated carbocycles. The van der Waals surface area contributed by atoms with E-state index in [1.165, 1.54) is 11.8 Å². The molecule has 0 bridgehead atoms. The summed E-state index contributed by atoms with van der Waals surface area (Å²) >= 11 is 4.81. The Balaban J connectivity index is 1.46. The van der Waals surface area contributed by atoms with Crippen LogP contribution in [0.25, 0.3) is 10.2 Å². The zero-order chi connectivity index (χ0) is 20.2. The Morgan fingerprint density at radius 1 is 1.24 bits per heavy atom. The van der Waals surface area contributed by atoms with E-state index in [-0.39, 0.29) is 24.3 Å². The van der Waals surface area contributed by atoms with Gasteiger partial charge in [0.2, 0.25) is 11.8 Å². The molecule has 0 aliphatic carbocycles. The maximum absolute atomic E-state index is 12.8. The summed E-state index contributed by atoms with van der Waals surface area (Å²) in [6.45, 7) is 0. The first-order valence-corrected chi connectivity index (χ1v) is 12.4. The third kappa shape index (κ3) is 4.76. The van der Waals surface area contributed by atoms with Crippen molar-refractivity contribution in [2.75, 3.05) is 17.3 Å². The molecule has 29 heavy (non-hydrogen) atoms. The molecule has 2 atom stereocenters. The summed E-state index contributed by atoms with van der Waals surface area (Å²) in [4.78, 5) is 30.9. The van der Waals surface area contributed by atoms with Gasteiger partial charge in [-0.2, -0.15) is 11.8 Å². The molecule has 0 saturated heterocycles. The highest BCUT2D eigenvalue weighted by molar-refractivity contribution is 8.01. The monoisotopic (exact) mass is 443 g/mol. The van der Waals surface area contributed by atoms with Crippen molar-refractivity contribution in [2.45, 2.75) is 29.0 Å². The van der Waals surface area contributed by atoms with Gasteiger partial charge in [0.15, 0.2) is 0 Å². The number of anilines is 1. The minimum absolute atomic E-state index is 0.121. The van der Waals surface area contributed by atoms with Crippen LogP contribution in [0, 0.1) is 0 Å². The lowest BCUT2D eigenvalue weighted by molar-refractivity contribution is -0.124. The SMILES string of the molecule is CSCC[C@@H](NC(=O)C[C@H]1Sc2ccccc2NC1=O)c1nc2ccccc2s1. The number of benzene rings is 2. The van der Waals surface area contributed by atoms with Gasteiger partial charge < -0.3 is 10.6 Å². The van der Waals surface area contributed by atoms with Gasteiger partial charge in [0.05, 0.1) is 27.2 Å².